The van der Waals surface area contributed by atoms with Crippen LogP contribution in [0.4, 0.5) is 0 Å². The predicted octanol–water partition coefficient (Wildman–Crippen LogP) is 3.15. The van der Waals surface area contributed by atoms with E-state index in [1.54, 1.807) is 6.07 Å². The lowest BCUT2D eigenvalue weighted by Gasteiger charge is -1.98. The molecule has 18 heavy (non-hydrogen) atoms. The number of aryl methyl sites for hydroxylation is 1. The highest BCUT2D eigenvalue weighted by Gasteiger charge is 2.10. The summed E-state index contributed by atoms with van der Waals surface area (Å²) in [6.07, 6.45) is 5.16. The van der Waals surface area contributed by atoms with Crippen molar-refractivity contribution in [3.8, 4) is 12.3 Å². The summed E-state index contributed by atoms with van der Waals surface area (Å²) in [5.74, 6) is 1.88. The lowest BCUT2D eigenvalue weighted by atomic mass is 10.1. The van der Waals surface area contributed by atoms with Gasteiger partial charge in [-0.2, -0.15) is 0 Å². The van der Waals surface area contributed by atoms with E-state index >= 15 is 0 Å². The first-order valence-electron chi connectivity index (χ1n) is 5.70. The normalized spacial score (nSPS) is 10.7. The predicted molar refractivity (Wildman–Crippen MR) is 73.6 cm³/mol. The Kier molecular flexibility index (Phi) is 2.21. The van der Waals surface area contributed by atoms with E-state index in [0.717, 1.165) is 21.8 Å². The summed E-state index contributed by atoms with van der Waals surface area (Å²) in [4.78, 5) is 11.6. The fraction of sp³-hybridized carbons (Fsp3) is 0.0625. The van der Waals surface area contributed by atoms with Gasteiger partial charge in [0.15, 0.2) is 0 Å². The molecule has 0 aliphatic rings. The Balaban J connectivity index is 2.44. The van der Waals surface area contributed by atoms with Crippen molar-refractivity contribution in [1.82, 2.24) is 4.57 Å². The van der Waals surface area contributed by atoms with E-state index in [0.29, 0.717) is 5.56 Å². The van der Waals surface area contributed by atoms with Crippen molar-refractivity contribution in [2.24, 2.45) is 7.05 Å². The molecule has 0 aliphatic heterocycles. The van der Waals surface area contributed by atoms with Crippen LogP contribution < -0.4 is 0 Å². The molecule has 0 atom stereocenters. The quantitative estimate of drug-likeness (QED) is 0.359. The Morgan fingerprint density at radius 3 is 2.61 bits per heavy atom. The Hall–Kier alpha value is -2.53. The van der Waals surface area contributed by atoms with Crippen LogP contribution in [0.5, 0.6) is 0 Å². The zero-order valence-electron chi connectivity index (χ0n) is 9.97. The van der Waals surface area contributed by atoms with Crippen LogP contribution in [0.1, 0.15) is 10.4 Å². The van der Waals surface area contributed by atoms with E-state index in [1.165, 1.54) is 0 Å². The second-order valence-electron chi connectivity index (χ2n) is 4.28. The number of aromatic nitrogens is 1. The Bertz CT molecular complexity index is 818. The number of carbonyl (C=O) groups is 1. The highest BCUT2D eigenvalue weighted by atomic mass is 16.1. The van der Waals surface area contributed by atoms with Gasteiger partial charge in [0.2, 0.25) is 5.78 Å². The number of Topliss-reactive ketones (excluding diaryl/α,β-unsaturated/α-hetero) is 1. The molecular weight excluding hydrogens is 222 g/mol. The lowest BCUT2D eigenvalue weighted by Crippen LogP contribution is -1.94. The van der Waals surface area contributed by atoms with Gasteiger partial charge in [-0.15, -0.1) is 6.42 Å². The van der Waals surface area contributed by atoms with Gasteiger partial charge < -0.3 is 4.57 Å². The van der Waals surface area contributed by atoms with E-state index < -0.39 is 0 Å². The van der Waals surface area contributed by atoms with Gasteiger partial charge in [0.25, 0.3) is 0 Å². The summed E-state index contributed by atoms with van der Waals surface area (Å²) < 4.78 is 2.12. The lowest BCUT2D eigenvalue weighted by molar-refractivity contribution is 0.105. The smallest absolute Gasteiger partial charge is 0.235 e. The maximum absolute atomic E-state index is 11.6. The Morgan fingerprint density at radius 1 is 1.11 bits per heavy atom. The third-order valence-electron chi connectivity index (χ3n) is 3.31. The molecule has 1 heterocycles. The number of carbonyl (C=O) groups excluding carboxylic acids is 1. The molecule has 0 fully saturated rings. The van der Waals surface area contributed by atoms with Crippen LogP contribution in [-0.2, 0) is 7.05 Å². The van der Waals surface area contributed by atoms with Crippen molar-refractivity contribution in [1.29, 1.82) is 0 Å². The average molecular weight is 233 g/mol. The highest BCUT2D eigenvalue weighted by Crippen LogP contribution is 2.28. The van der Waals surface area contributed by atoms with E-state index in [4.69, 9.17) is 6.42 Å². The minimum absolute atomic E-state index is 0.273. The molecule has 0 amide bonds. The monoisotopic (exact) mass is 233 g/mol. The maximum Gasteiger partial charge on any atom is 0.235 e. The number of para-hydroxylation sites is 1. The minimum atomic E-state index is -0.273. The van der Waals surface area contributed by atoms with Crippen molar-refractivity contribution in [2.75, 3.05) is 0 Å². The Morgan fingerprint density at radius 2 is 1.83 bits per heavy atom. The number of terminal acetylenes is 1. The molecule has 1 aromatic heterocycles. The molecule has 0 aliphatic carbocycles. The number of rotatable bonds is 1. The summed E-state index contributed by atoms with van der Waals surface area (Å²) in [5.41, 5.74) is 2.82. The largest absolute Gasteiger partial charge is 0.344 e. The molecule has 3 aromatic rings. The standard InChI is InChI=1S/C16H11NO/c1-3-16(18)11-8-9-15-13(10-11)12-6-4-5-7-14(12)17(15)2/h1,4-10H,2H3. The van der Waals surface area contributed by atoms with Gasteiger partial charge in [0.1, 0.15) is 0 Å². The van der Waals surface area contributed by atoms with Gasteiger partial charge in [-0.05, 0) is 30.2 Å². The van der Waals surface area contributed by atoms with E-state index in [-0.39, 0.29) is 5.78 Å². The van der Waals surface area contributed by atoms with Gasteiger partial charge in [-0.25, -0.2) is 0 Å². The van der Waals surface area contributed by atoms with Crippen LogP contribution in [0.25, 0.3) is 21.8 Å². The summed E-state index contributed by atoms with van der Waals surface area (Å²) >= 11 is 0. The Labute approximate surface area is 105 Å². The second kappa shape index (κ2) is 3.75. The van der Waals surface area contributed by atoms with Crippen LogP contribution in [0, 0.1) is 12.3 Å². The van der Waals surface area contributed by atoms with Crippen molar-refractivity contribution in [2.45, 2.75) is 0 Å². The van der Waals surface area contributed by atoms with E-state index in [2.05, 4.69) is 22.6 Å². The molecule has 3 rings (SSSR count). The number of fused-ring (bicyclic) bond motifs is 3. The summed E-state index contributed by atoms with van der Waals surface area (Å²) in [6, 6.07) is 13.7. The fourth-order valence-corrected chi connectivity index (χ4v) is 2.39. The second-order valence-corrected chi connectivity index (χ2v) is 4.28. The molecule has 0 saturated carbocycles. The molecular formula is C16H11NO. The van der Waals surface area contributed by atoms with Crippen LogP contribution in [0.2, 0.25) is 0 Å². The third-order valence-corrected chi connectivity index (χ3v) is 3.31. The summed E-state index contributed by atoms with van der Waals surface area (Å²) in [6.45, 7) is 0. The number of nitrogens with zero attached hydrogens (tertiary/aromatic N) is 1. The van der Waals surface area contributed by atoms with E-state index in [1.807, 2.05) is 31.3 Å². The molecule has 86 valence electrons. The number of hydrogen-bond acceptors (Lipinski definition) is 1. The first kappa shape index (κ1) is 10.6. The zero-order valence-corrected chi connectivity index (χ0v) is 9.97. The highest BCUT2D eigenvalue weighted by molar-refractivity contribution is 6.14. The first-order chi connectivity index (χ1) is 8.72. The van der Waals surface area contributed by atoms with Gasteiger partial charge in [-0.1, -0.05) is 18.2 Å². The van der Waals surface area contributed by atoms with Gasteiger partial charge in [0.05, 0.1) is 0 Å². The van der Waals surface area contributed by atoms with Gasteiger partial charge in [-0.3, -0.25) is 4.79 Å². The van der Waals surface area contributed by atoms with Crippen molar-refractivity contribution in [3.63, 3.8) is 0 Å². The van der Waals surface area contributed by atoms with Gasteiger partial charge in [0, 0.05) is 34.4 Å². The number of benzene rings is 2. The van der Waals surface area contributed by atoms with Crippen LogP contribution in [-0.4, -0.2) is 10.4 Å². The molecule has 0 spiro atoms. The molecule has 0 N–H and O–H groups in total. The van der Waals surface area contributed by atoms with Crippen LogP contribution >= 0.6 is 0 Å². The molecule has 0 radical (unpaired) electrons. The first-order valence-corrected chi connectivity index (χ1v) is 5.70. The van der Waals surface area contributed by atoms with E-state index in [9.17, 15) is 4.79 Å². The van der Waals surface area contributed by atoms with Crippen LogP contribution in [0.15, 0.2) is 42.5 Å². The molecule has 0 bridgehead atoms. The fourth-order valence-electron chi connectivity index (χ4n) is 2.39. The molecule has 2 heteroatoms. The summed E-state index contributed by atoms with van der Waals surface area (Å²) in [7, 11) is 2.02. The zero-order chi connectivity index (χ0) is 12.7. The van der Waals surface area contributed by atoms with Crippen LogP contribution in [0.3, 0.4) is 0 Å². The number of ketones is 1. The minimum Gasteiger partial charge on any atom is -0.344 e. The SMILES string of the molecule is C#CC(=O)c1ccc2c(c1)c1ccccc1n2C. The topological polar surface area (TPSA) is 22.0 Å². The van der Waals surface area contributed by atoms with Gasteiger partial charge >= 0.3 is 0 Å². The molecule has 2 aromatic carbocycles. The van der Waals surface area contributed by atoms with Crippen molar-refractivity contribution >= 4 is 27.6 Å². The molecule has 0 unspecified atom stereocenters. The summed E-state index contributed by atoms with van der Waals surface area (Å²) in [5, 5.41) is 2.20. The average Bonchev–Trinajstić information content (AvgIpc) is 2.72. The molecule has 2 nitrogen and oxygen atoms in total. The number of hydrogen-bond donors (Lipinski definition) is 0. The maximum atomic E-state index is 11.6. The van der Waals surface area contributed by atoms with Crippen molar-refractivity contribution in [3.05, 3.63) is 48.0 Å². The van der Waals surface area contributed by atoms with Crippen molar-refractivity contribution < 1.29 is 4.79 Å². The molecule has 0 saturated heterocycles. The third kappa shape index (κ3) is 1.34.